The minimum absolute atomic E-state index is 0.0862. The molecular weight excluding hydrogens is 307 g/mol. The first-order chi connectivity index (χ1) is 10.8. The summed E-state index contributed by atoms with van der Waals surface area (Å²) in [6, 6.07) is 2.05. The van der Waals surface area contributed by atoms with E-state index >= 15 is 0 Å². The third-order valence-electron chi connectivity index (χ3n) is 4.19. The summed E-state index contributed by atoms with van der Waals surface area (Å²) in [7, 11) is 1.26. The molecule has 7 heteroatoms. The fraction of sp³-hybridized carbons (Fsp3) is 0.500. The van der Waals surface area contributed by atoms with Gasteiger partial charge < -0.3 is 19.7 Å². The lowest BCUT2D eigenvalue weighted by Crippen LogP contribution is -2.43. The average molecular weight is 326 g/mol. The number of aromatic carboxylic acids is 1. The third-order valence-corrected chi connectivity index (χ3v) is 4.19. The summed E-state index contributed by atoms with van der Waals surface area (Å²) in [4.78, 5) is 22.6. The molecule has 0 spiro atoms. The van der Waals surface area contributed by atoms with Gasteiger partial charge in [0.05, 0.1) is 13.2 Å². The molecule has 1 aliphatic rings. The molecule has 1 fully saturated rings. The minimum Gasteiger partial charge on any atom is -0.496 e. The van der Waals surface area contributed by atoms with E-state index in [-0.39, 0.29) is 41.8 Å². The SMILES string of the molecule is COc1cc(F)c(O[C@H]2CC[C@@](O)(C(C)=O)CC2)cc1C(=O)O. The lowest BCUT2D eigenvalue weighted by Gasteiger charge is -2.34. The van der Waals surface area contributed by atoms with Gasteiger partial charge in [0.1, 0.15) is 16.9 Å². The van der Waals surface area contributed by atoms with Crippen molar-refractivity contribution in [3.63, 3.8) is 0 Å². The second-order valence-electron chi connectivity index (χ2n) is 5.69. The van der Waals surface area contributed by atoms with E-state index < -0.39 is 17.4 Å². The summed E-state index contributed by atoms with van der Waals surface area (Å²) in [6.07, 6.45) is 0.834. The van der Waals surface area contributed by atoms with E-state index in [1.165, 1.54) is 14.0 Å². The van der Waals surface area contributed by atoms with Gasteiger partial charge in [-0.05, 0) is 32.6 Å². The van der Waals surface area contributed by atoms with Crippen LogP contribution in [0.2, 0.25) is 0 Å². The van der Waals surface area contributed by atoms with Gasteiger partial charge in [0.15, 0.2) is 17.3 Å². The second kappa shape index (κ2) is 6.54. The molecule has 0 aliphatic heterocycles. The summed E-state index contributed by atoms with van der Waals surface area (Å²) in [5, 5.41) is 19.2. The predicted molar refractivity (Wildman–Crippen MR) is 78.4 cm³/mol. The van der Waals surface area contributed by atoms with Crippen molar-refractivity contribution in [1.82, 2.24) is 0 Å². The van der Waals surface area contributed by atoms with Crippen LogP contribution in [0, 0.1) is 5.82 Å². The van der Waals surface area contributed by atoms with Crippen LogP contribution in [0.4, 0.5) is 4.39 Å². The number of carboxylic acids is 1. The molecule has 0 atom stereocenters. The molecule has 0 amide bonds. The largest absolute Gasteiger partial charge is 0.496 e. The van der Waals surface area contributed by atoms with Gasteiger partial charge in [-0.2, -0.15) is 0 Å². The van der Waals surface area contributed by atoms with Crippen molar-refractivity contribution in [2.75, 3.05) is 7.11 Å². The predicted octanol–water partition coefficient (Wildman–Crippen LogP) is 2.17. The number of benzene rings is 1. The molecule has 1 aromatic carbocycles. The first kappa shape index (κ1) is 17.2. The van der Waals surface area contributed by atoms with Gasteiger partial charge in [0.25, 0.3) is 0 Å². The zero-order valence-electron chi connectivity index (χ0n) is 13.0. The molecule has 2 N–H and O–H groups in total. The van der Waals surface area contributed by atoms with Crippen LogP contribution in [0.5, 0.6) is 11.5 Å². The van der Waals surface area contributed by atoms with Crippen LogP contribution in [0.15, 0.2) is 12.1 Å². The number of ether oxygens (including phenoxy) is 2. The molecule has 0 heterocycles. The van der Waals surface area contributed by atoms with Crippen molar-refractivity contribution in [3.8, 4) is 11.5 Å². The number of halogens is 1. The van der Waals surface area contributed by atoms with Crippen molar-refractivity contribution in [1.29, 1.82) is 0 Å². The molecule has 23 heavy (non-hydrogen) atoms. The van der Waals surface area contributed by atoms with Gasteiger partial charge >= 0.3 is 5.97 Å². The van der Waals surface area contributed by atoms with Crippen LogP contribution in [0.3, 0.4) is 0 Å². The molecule has 126 valence electrons. The number of carbonyl (C=O) groups excluding carboxylic acids is 1. The number of carbonyl (C=O) groups is 2. The summed E-state index contributed by atoms with van der Waals surface area (Å²) in [5.41, 5.74) is -1.54. The highest BCUT2D eigenvalue weighted by atomic mass is 19.1. The normalized spacial score (nSPS) is 24.1. The van der Waals surface area contributed by atoms with Crippen LogP contribution < -0.4 is 9.47 Å². The van der Waals surface area contributed by atoms with E-state index in [4.69, 9.17) is 14.6 Å². The maximum atomic E-state index is 14.0. The molecule has 0 unspecified atom stereocenters. The summed E-state index contributed by atoms with van der Waals surface area (Å²) in [5.74, 6) is -2.53. The Labute approximate surface area is 132 Å². The first-order valence-corrected chi connectivity index (χ1v) is 7.27. The third kappa shape index (κ3) is 3.61. The molecule has 0 bridgehead atoms. The quantitative estimate of drug-likeness (QED) is 0.861. The Kier molecular flexibility index (Phi) is 4.89. The number of aliphatic hydroxyl groups is 1. The number of hydrogen-bond donors (Lipinski definition) is 2. The molecular formula is C16H19FO6. The van der Waals surface area contributed by atoms with E-state index in [9.17, 15) is 19.1 Å². The zero-order chi connectivity index (χ0) is 17.2. The van der Waals surface area contributed by atoms with Crippen LogP contribution in [0.25, 0.3) is 0 Å². The Morgan fingerprint density at radius 3 is 2.35 bits per heavy atom. The number of ketones is 1. The van der Waals surface area contributed by atoms with Crippen LogP contribution in [-0.4, -0.2) is 40.8 Å². The van der Waals surface area contributed by atoms with E-state index in [0.29, 0.717) is 12.8 Å². The van der Waals surface area contributed by atoms with E-state index in [0.717, 1.165) is 12.1 Å². The Balaban J connectivity index is 2.14. The molecule has 1 aliphatic carbocycles. The molecule has 1 saturated carbocycles. The summed E-state index contributed by atoms with van der Waals surface area (Å²) >= 11 is 0. The Hall–Kier alpha value is -2.15. The number of methoxy groups -OCH3 is 1. The smallest absolute Gasteiger partial charge is 0.339 e. The number of rotatable bonds is 5. The van der Waals surface area contributed by atoms with Gasteiger partial charge in [0, 0.05) is 12.1 Å². The van der Waals surface area contributed by atoms with Crippen LogP contribution in [0.1, 0.15) is 43.0 Å². The topological polar surface area (TPSA) is 93.1 Å². The van der Waals surface area contributed by atoms with E-state index in [2.05, 4.69) is 0 Å². The molecule has 1 aromatic rings. The Morgan fingerprint density at radius 1 is 1.26 bits per heavy atom. The summed E-state index contributed by atoms with van der Waals surface area (Å²) in [6.45, 7) is 1.34. The van der Waals surface area contributed by atoms with Crippen molar-refractivity contribution in [3.05, 3.63) is 23.5 Å². The highest BCUT2D eigenvalue weighted by Gasteiger charge is 2.38. The van der Waals surface area contributed by atoms with E-state index in [1.807, 2.05) is 0 Å². The van der Waals surface area contributed by atoms with Gasteiger partial charge in [-0.25, -0.2) is 9.18 Å². The highest BCUT2D eigenvalue weighted by Crippen LogP contribution is 2.34. The average Bonchev–Trinajstić information content (AvgIpc) is 2.50. The molecule has 6 nitrogen and oxygen atoms in total. The number of hydrogen-bond acceptors (Lipinski definition) is 5. The maximum Gasteiger partial charge on any atom is 0.339 e. The van der Waals surface area contributed by atoms with Gasteiger partial charge in [0.2, 0.25) is 0 Å². The number of carboxylic acid groups (broad SMARTS) is 1. The van der Waals surface area contributed by atoms with Gasteiger partial charge in [-0.15, -0.1) is 0 Å². The monoisotopic (exact) mass is 326 g/mol. The summed E-state index contributed by atoms with van der Waals surface area (Å²) < 4.78 is 24.4. The maximum absolute atomic E-state index is 14.0. The number of Topliss-reactive ketones (excluding diaryl/α,β-unsaturated/α-hetero) is 1. The highest BCUT2D eigenvalue weighted by molar-refractivity contribution is 5.91. The standard InChI is InChI=1S/C16H19FO6/c1-9(18)16(21)5-3-10(4-6-16)23-14-7-11(15(19)20)13(22-2)8-12(14)17/h7-8,10,21H,3-6H2,1-2H3,(H,19,20)/t10-,16-. The Bertz CT molecular complexity index is 619. The molecule has 0 saturated heterocycles. The molecule has 2 rings (SSSR count). The van der Waals surface area contributed by atoms with E-state index in [1.54, 1.807) is 0 Å². The fourth-order valence-corrected chi connectivity index (χ4v) is 2.68. The van der Waals surface area contributed by atoms with Gasteiger partial charge in [-0.1, -0.05) is 0 Å². The zero-order valence-corrected chi connectivity index (χ0v) is 13.0. The van der Waals surface area contributed by atoms with Gasteiger partial charge in [-0.3, -0.25) is 4.79 Å². The van der Waals surface area contributed by atoms with Crippen molar-refractivity contribution in [2.45, 2.75) is 44.3 Å². The lowest BCUT2D eigenvalue weighted by molar-refractivity contribution is -0.140. The second-order valence-corrected chi connectivity index (χ2v) is 5.69. The van der Waals surface area contributed by atoms with Crippen molar-refractivity contribution < 1.29 is 33.7 Å². The minimum atomic E-state index is -1.34. The Morgan fingerprint density at radius 2 is 1.87 bits per heavy atom. The lowest BCUT2D eigenvalue weighted by atomic mass is 9.81. The van der Waals surface area contributed by atoms with Crippen LogP contribution in [-0.2, 0) is 4.79 Å². The molecule has 0 radical (unpaired) electrons. The van der Waals surface area contributed by atoms with Crippen molar-refractivity contribution in [2.24, 2.45) is 0 Å². The fourth-order valence-electron chi connectivity index (χ4n) is 2.68. The van der Waals surface area contributed by atoms with Crippen molar-refractivity contribution >= 4 is 11.8 Å². The van der Waals surface area contributed by atoms with Crippen LogP contribution >= 0.6 is 0 Å². The first-order valence-electron chi connectivity index (χ1n) is 7.27. The molecule has 0 aromatic heterocycles.